The topological polar surface area (TPSA) is 96.9 Å². The van der Waals surface area contributed by atoms with Crippen LogP contribution >= 0.6 is 11.8 Å². The van der Waals surface area contributed by atoms with E-state index in [0.717, 1.165) is 24.3 Å². The molecule has 2 N–H and O–H groups in total. The van der Waals surface area contributed by atoms with E-state index >= 15 is 0 Å². The second-order valence-electron chi connectivity index (χ2n) is 8.07. The first-order chi connectivity index (χ1) is 13.3. The van der Waals surface area contributed by atoms with Gasteiger partial charge in [-0.05, 0) is 42.2 Å². The fraction of sp³-hybridized carbons (Fsp3) is 0.600. The molecule has 8 heteroatoms. The van der Waals surface area contributed by atoms with Crippen LogP contribution in [0, 0.1) is 5.92 Å². The molecule has 0 unspecified atom stereocenters. The quantitative estimate of drug-likeness (QED) is 0.798. The van der Waals surface area contributed by atoms with Crippen LogP contribution in [0.15, 0.2) is 15.7 Å². The summed E-state index contributed by atoms with van der Waals surface area (Å²) in [6.45, 7) is 8.36. The van der Waals surface area contributed by atoms with Crippen molar-refractivity contribution in [3.8, 4) is 0 Å². The zero-order chi connectivity index (χ0) is 20.4. The average Bonchev–Trinajstić information content (AvgIpc) is 2.64. The number of nitrogens with one attached hydrogen (secondary N) is 2. The highest BCUT2D eigenvalue weighted by Crippen LogP contribution is 2.22. The Morgan fingerprint density at radius 1 is 1.29 bits per heavy atom. The van der Waals surface area contributed by atoms with Gasteiger partial charge >= 0.3 is 5.69 Å². The summed E-state index contributed by atoms with van der Waals surface area (Å²) in [4.78, 5) is 45.1. The lowest BCUT2D eigenvalue weighted by molar-refractivity contribution is 0.0936. The van der Waals surface area contributed by atoms with Crippen LogP contribution in [0.4, 0.5) is 0 Å². The van der Waals surface area contributed by atoms with E-state index in [4.69, 9.17) is 0 Å². The van der Waals surface area contributed by atoms with Crippen molar-refractivity contribution in [3.05, 3.63) is 38.2 Å². The Morgan fingerprint density at radius 3 is 2.57 bits per heavy atom. The van der Waals surface area contributed by atoms with Gasteiger partial charge in [0.05, 0.1) is 10.9 Å². The van der Waals surface area contributed by atoms with E-state index in [1.54, 1.807) is 6.07 Å². The molecule has 0 atom stereocenters. The van der Waals surface area contributed by atoms with E-state index in [2.05, 4.69) is 15.3 Å². The maximum atomic E-state index is 13.1. The number of hydrogen-bond donors (Lipinski definition) is 2. The van der Waals surface area contributed by atoms with Crippen molar-refractivity contribution in [1.29, 1.82) is 0 Å². The minimum Gasteiger partial charge on any atom is -0.349 e. The normalized spacial score (nSPS) is 15.5. The summed E-state index contributed by atoms with van der Waals surface area (Å²) in [6, 6.07) is 1.81. The number of rotatable bonds is 5. The van der Waals surface area contributed by atoms with Gasteiger partial charge in [-0.2, -0.15) is 11.8 Å². The Balaban J connectivity index is 2.18. The van der Waals surface area contributed by atoms with Crippen molar-refractivity contribution in [1.82, 2.24) is 19.9 Å². The third-order valence-corrected chi connectivity index (χ3v) is 5.96. The number of H-pyrrole nitrogens is 1. The smallest absolute Gasteiger partial charge is 0.330 e. The van der Waals surface area contributed by atoms with E-state index in [-0.39, 0.29) is 34.8 Å². The SMILES string of the molecule is CC(C)Cn1c(=O)[nH]c(=O)c2c(C(=O)NC3CCSCC3)cc(C(C)C)nc21. The number of carbonyl (C=O) groups excluding carboxylic acids is 1. The molecular formula is C20H28N4O3S. The summed E-state index contributed by atoms with van der Waals surface area (Å²) in [5.74, 6) is 2.02. The molecule has 3 heterocycles. The molecule has 3 rings (SSSR count). The Labute approximate surface area is 168 Å². The molecule has 1 saturated heterocycles. The molecule has 28 heavy (non-hydrogen) atoms. The van der Waals surface area contributed by atoms with Crippen LogP contribution in [0.3, 0.4) is 0 Å². The fourth-order valence-electron chi connectivity index (χ4n) is 3.41. The monoisotopic (exact) mass is 404 g/mol. The molecule has 0 spiro atoms. The lowest BCUT2D eigenvalue weighted by Gasteiger charge is -2.23. The first-order valence-corrected chi connectivity index (χ1v) is 11.0. The molecule has 7 nitrogen and oxygen atoms in total. The number of thioether (sulfide) groups is 1. The molecule has 1 aliphatic rings. The number of aromatic nitrogens is 3. The predicted molar refractivity (Wildman–Crippen MR) is 113 cm³/mol. The standard InChI is InChI=1S/C20H28N4O3S/c1-11(2)10-24-17-16(19(26)23-20(24)27)14(9-15(22-17)12(3)4)18(25)21-13-5-7-28-8-6-13/h9,11-13H,5-8,10H2,1-4H3,(H,21,25)(H,23,26,27). The van der Waals surface area contributed by atoms with Crippen LogP contribution in [0.25, 0.3) is 11.0 Å². The maximum absolute atomic E-state index is 13.1. The van der Waals surface area contributed by atoms with E-state index in [9.17, 15) is 14.4 Å². The minimum absolute atomic E-state index is 0.0592. The fourth-order valence-corrected chi connectivity index (χ4v) is 4.51. The van der Waals surface area contributed by atoms with Crippen molar-refractivity contribution in [2.45, 2.75) is 59.0 Å². The third kappa shape index (κ3) is 4.32. The van der Waals surface area contributed by atoms with Gasteiger partial charge in [-0.15, -0.1) is 0 Å². The largest absolute Gasteiger partial charge is 0.349 e. The molecule has 1 fully saturated rings. The molecule has 2 aromatic heterocycles. The maximum Gasteiger partial charge on any atom is 0.330 e. The van der Waals surface area contributed by atoms with Gasteiger partial charge in [-0.25, -0.2) is 9.78 Å². The Bertz CT molecular complexity index is 987. The van der Waals surface area contributed by atoms with Crippen molar-refractivity contribution < 1.29 is 4.79 Å². The summed E-state index contributed by atoms with van der Waals surface area (Å²) in [6.07, 6.45) is 1.84. The van der Waals surface area contributed by atoms with Crippen molar-refractivity contribution in [2.24, 2.45) is 5.92 Å². The molecule has 0 aromatic carbocycles. The number of aromatic amines is 1. The molecule has 0 bridgehead atoms. The summed E-state index contributed by atoms with van der Waals surface area (Å²) >= 11 is 1.89. The third-order valence-electron chi connectivity index (χ3n) is 4.91. The van der Waals surface area contributed by atoms with Crippen LogP contribution in [-0.4, -0.2) is 38.0 Å². The summed E-state index contributed by atoms with van der Waals surface area (Å²) in [5, 5.41) is 3.26. The van der Waals surface area contributed by atoms with E-state index in [1.807, 2.05) is 39.5 Å². The van der Waals surface area contributed by atoms with Gasteiger partial charge in [-0.1, -0.05) is 27.7 Å². The Kier molecular flexibility index (Phi) is 6.27. The van der Waals surface area contributed by atoms with Crippen molar-refractivity contribution in [2.75, 3.05) is 11.5 Å². The highest BCUT2D eigenvalue weighted by atomic mass is 32.2. The highest BCUT2D eigenvalue weighted by Gasteiger charge is 2.23. The summed E-state index contributed by atoms with van der Waals surface area (Å²) < 4.78 is 1.47. The average molecular weight is 405 g/mol. The Morgan fingerprint density at radius 2 is 1.96 bits per heavy atom. The first-order valence-electron chi connectivity index (χ1n) is 9.84. The number of nitrogens with zero attached hydrogens (tertiary/aromatic N) is 2. The molecular weight excluding hydrogens is 376 g/mol. The van der Waals surface area contributed by atoms with Gasteiger partial charge in [0.2, 0.25) is 0 Å². The molecule has 0 saturated carbocycles. The zero-order valence-electron chi connectivity index (χ0n) is 16.9. The predicted octanol–water partition coefficient (Wildman–Crippen LogP) is 2.49. The minimum atomic E-state index is -0.563. The van der Waals surface area contributed by atoms with E-state index in [1.165, 1.54) is 4.57 Å². The zero-order valence-corrected chi connectivity index (χ0v) is 17.7. The molecule has 1 aliphatic heterocycles. The number of hydrogen-bond acceptors (Lipinski definition) is 5. The number of amides is 1. The second kappa shape index (κ2) is 8.51. The van der Waals surface area contributed by atoms with Gasteiger partial charge in [0.25, 0.3) is 11.5 Å². The molecule has 152 valence electrons. The molecule has 1 amide bonds. The number of fused-ring (bicyclic) bond motifs is 1. The van der Waals surface area contributed by atoms with E-state index < -0.39 is 11.2 Å². The van der Waals surface area contributed by atoms with Crippen LogP contribution in [-0.2, 0) is 6.54 Å². The lowest BCUT2D eigenvalue weighted by atomic mass is 10.0. The van der Waals surface area contributed by atoms with Gasteiger partial charge in [0.1, 0.15) is 0 Å². The van der Waals surface area contributed by atoms with Crippen LogP contribution in [0.2, 0.25) is 0 Å². The van der Waals surface area contributed by atoms with Gasteiger partial charge < -0.3 is 5.32 Å². The van der Waals surface area contributed by atoms with Gasteiger partial charge in [0, 0.05) is 18.3 Å². The van der Waals surface area contributed by atoms with Crippen LogP contribution in [0.5, 0.6) is 0 Å². The van der Waals surface area contributed by atoms with Crippen molar-refractivity contribution in [3.63, 3.8) is 0 Å². The molecule has 0 aliphatic carbocycles. The van der Waals surface area contributed by atoms with Crippen molar-refractivity contribution >= 4 is 28.7 Å². The summed E-state index contributed by atoms with van der Waals surface area (Å²) in [5.41, 5.74) is 0.227. The molecule has 0 radical (unpaired) electrons. The Hall–Kier alpha value is -2.09. The van der Waals surface area contributed by atoms with Gasteiger partial charge in [-0.3, -0.25) is 19.1 Å². The summed E-state index contributed by atoms with van der Waals surface area (Å²) in [7, 11) is 0. The second-order valence-corrected chi connectivity index (χ2v) is 9.30. The van der Waals surface area contributed by atoms with Crippen LogP contribution < -0.4 is 16.6 Å². The number of carbonyl (C=O) groups is 1. The highest BCUT2D eigenvalue weighted by molar-refractivity contribution is 7.99. The van der Waals surface area contributed by atoms with Gasteiger partial charge in [0.15, 0.2) is 5.65 Å². The molecule has 2 aromatic rings. The van der Waals surface area contributed by atoms with Crippen LogP contribution in [0.1, 0.15) is 62.5 Å². The number of pyridine rings is 1. The van der Waals surface area contributed by atoms with E-state index in [0.29, 0.717) is 17.8 Å². The first kappa shape index (κ1) is 20.6. The lowest BCUT2D eigenvalue weighted by Crippen LogP contribution is -2.39.